The van der Waals surface area contributed by atoms with Gasteiger partial charge < -0.3 is 15.0 Å². The maximum atomic E-state index is 13.7. The molecule has 2 atom stereocenters. The highest BCUT2D eigenvalue weighted by Crippen LogP contribution is 2.45. The molecule has 1 saturated heterocycles. The second kappa shape index (κ2) is 8.92. The Morgan fingerprint density at radius 2 is 1.85 bits per heavy atom. The van der Waals surface area contributed by atoms with Gasteiger partial charge in [0.1, 0.15) is 5.75 Å². The van der Waals surface area contributed by atoms with Crippen LogP contribution in [0.1, 0.15) is 35.1 Å². The van der Waals surface area contributed by atoms with Crippen LogP contribution in [0.2, 0.25) is 0 Å². The van der Waals surface area contributed by atoms with Crippen molar-refractivity contribution in [3.05, 3.63) is 95.1 Å². The summed E-state index contributed by atoms with van der Waals surface area (Å²) >= 11 is 0. The summed E-state index contributed by atoms with van der Waals surface area (Å²) in [5.74, 6) is 1.52. The predicted octanol–water partition coefficient (Wildman–Crippen LogP) is 5.01. The zero-order valence-electron chi connectivity index (χ0n) is 19.6. The van der Waals surface area contributed by atoms with E-state index in [1.54, 1.807) is 0 Å². The monoisotopic (exact) mass is 452 g/mol. The highest BCUT2D eigenvalue weighted by Gasteiger charge is 2.51. The van der Waals surface area contributed by atoms with Gasteiger partial charge in [-0.1, -0.05) is 60.7 Å². The van der Waals surface area contributed by atoms with Gasteiger partial charge in [0.05, 0.1) is 12.0 Å². The molecule has 0 aromatic heterocycles. The smallest absolute Gasteiger partial charge is 0.235 e. The van der Waals surface area contributed by atoms with Gasteiger partial charge in [-0.15, -0.1) is 0 Å². The van der Waals surface area contributed by atoms with E-state index in [-0.39, 0.29) is 5.91 Å². The molecule has 4 heteroatoms. The molecule has 3 heterocycles. The van der Waals surface area contributed by atoms with Crippen LogP contribution in [0.15, 0.2) is 72.8 Å². The molecular weight excluding hydrogens is 420 g/mol. The number of fused-ring (bicyclic) bond motifs is 2. The third-order valence-electron chi connectivity index (χ3n) is 8.09. The van der Waals surface area contributed by atoms with Crippen LogP contribution >= 0.6 is 0 Å². The summed E-state index contributed by atoms with van der Waals surface area (Å²) in [7, 11) is 0. The summed E-state index contributed by atoms with van der Waals surface area (Å²) in [6.07, 6.45) is 5.09. The van der Waals surface area contributed by atoms with E-state index in [2.05, 4.69) is 64.8 Å². The average molecular weight is 453 g/mol. The molecule has 3 aliphatic rings. The summed E-state index contributed by atoms with van der Waals surface area (Å²) in [4.78, 5) is 16.3. The molecule has 0 saturated carbocycles. The van der Waals surface area contributed by atoms with E-state index < -0.39 is 5.41 Å². The maximum Gasteiger partial charge on any atom is 0.235 e. The largest absolute Gasteiger partial charge is 0.493 e. The highest BCUT2D eigenvalue weighted by molar-refractivity contribution is 6.02. The Morgan fingerprint density at radius 1 is 1.00 bits per heavy atom. The van der Waals surface area contributed by atoms with Gasteiger partial charge in [-0.3, -0.25) is 4.79 Å². The second-order valence-corrected chi connectivity index (χ2v) is 10.1. The van der Waals surface area contributed by atoms with E-state index in [0.717, 1.165) is 75.3 Å². The number of aryl methyl sites for hydroxylation is 1. The van der Waals surface area contributed by atoms with E-state index in [4.69, 9.17) is 4.74 Å². The van der Waals surface area contributed by atoms with Gasteiger partial charge in [0.15, 0.2) is 0 Å². The van der Waals surface area contributed by atoms with Gasteiger partial charge in [-0.05, 0) is 79.1 Å². The standard InChI is InChI=1S/C30H32N2O2/c33-29-30(25-9-2-1-3-10-25,20-24-8-4-5-11-27(24)31-29)26-14-17-32(21-26)16-6-7-22-12-13-28-23(19-22)15-18-34-28/h1-5,8-13,19,26H,6-7,14-18,20-21H2,(H,31,33)/t26-,30?/m1/s1. The molecule has 4 nitrogen and oxygen atoms in total. The predicted molar refractivity (Wildman–Crippen MR) is 135 cm³/mol. The number of carbonyl (C=O) groups excluding carboxylic acids is 1. The first-order valence-electron chi connectivity index (χ1n) is 12.6. The Kier molecular flexibility index (Phi) is 5.62. The van der Waals surface area contributed by atoms with E-state index in [1.807, 2.05) is 18.2 Å². The third-order valence-corrected chi connectivity index (χ3v) is 8.09. The fraction of sp³-hybridized carbons (Fsp3) is 0.367. The number of amides is 1. The quantitative estimate of drug-likeness (QED) is 0.572. The van der Waals surface area contributed by atoms with Gasteiger partial charge in [0.2, 0.25) is 5.91 Å². The van der Waals surface area contributed by atoms with Crippen molar-refractivity contribution in [1.82, 2.24) is 4.90 Å². The minimum Gasteiger partial charge on any atom is -0.493 e. The van der Waals surface area contributed by atoms with Crippen molar-refractivity contribution in [2.24, 2.45) is 5.92 Å². The molecule has 3 aromatic rings. The Balaban J connectivity index is 1.17. The summed E-state index contributed by atoms with van der Waals surface area (Å²) in [6, 6.07) is 25.4. The molecule has 34 heavy (non-hydrogen) atoms. The first-order chi connectivity index (χ1) is 16.7. The van der Waals surface area contributed by atoms with Crippen molar-refractivity contribution < 1.29 is 9.53 Å². The number of hydrogen-bond donors (Lipinski definition) is 1. The first kappa shape index (κ1) is 21.4. The number of nitrogens with one attached hydrogen (secondary N) is 1. The number of hydrogen-bond acceptors (Lipinski definition) is 3. The van der Waals surface area contributed by atoms with Gasteiger partial charge >= 0.3 is 0 Å². The molecule has 1 amide bonds. The van der Waals surface area contributed by atoms with Crippen molar-refractivity contribution in [2.75, 3.05) is 31.6 Å². The lowest BCUT2D eigenvalue weighted by molar-refractivity contribution is -0.124. The average Bonchev–Trinajstić information content (AvgIpc) is 3.54. The van der Waals surface area contributed by atoms with Crippen LogP contribution < -0.4 is 10.1 Å². The van der Waals surface area contributed by atoms with Crippen LogP contribution in [-0.4, -0.2) is 37.0 Å². The Hall–Kier alpha value is -3.11. The first-order valence-corrected chi connectivity index (χ1v) is 12.6. The van der Waals surface area contributed by atoms with Gasteiger partial charge in [-0.2, -0.15) is 0 Å². The minimum absolute atomic E-state index is 0.157. The number of benzene rings is 3. The van der Waals surface area contributed by atoms with Crippen LogP contribution in [-0.2, 0) is 29.5 Å². The molecular formula is C30H32N2O2. The lowest BCUT2D eigenvalue weighted by Crippen LogP contribution is -2.51. The van der Waals surface area contributed by atoms with Crippen molar-refractivity contribution in [1.29, 1.82) is 0 Å². The van der Waals surface area contributed by atoms with Crippen molar-refractivity contribution >= 4 is 11.6 Å². The number of nitrogens with zero attached hydrogens (tertiary/aromatic N) is 1. The summed E-state index contributed by atoms with van der Waals surface area (Å²) in [5, 5.41) is 3.26. The zero-order valence-corrected chi connectivity index (χ0v) is 19.6. The van der Waals surface area contributed by atoms with E-state index in [0.29, 0.717) is 5.92 Å². The SMILES string of the molecule is O=C1Nc2ccccc2CC1(c1ccccc1)[C@@H]1CCN(CCCc2ccc3c(c2)CCO3)C1. The second-order valence-electron chi connectivity index (χ2n) is 10.1. The molecule has 0 spiro atoms. The zero-order chi connectivity index (χ0) is 23.0. The van der Waals surface area contributed by atoms with E-state index in [9.17, 15) is 4.79 Å². The number of likely N-dealkylation sites (tertiary alicyclic amines) is 1. The minimum atomic E-state index is -0.510. The van der Waals surface area contributed by atoms with Crippen LogP contribution in [0.25, 0.3) is 0 Å². The Bertz CT molecular complexity index is 1190. The summed E-state index contributed by atoms with van der Waals surface area (Å²) in [5.41, 5.74) is 5.61. The van der Waals surface area contributed by atoms with Crippen LogP contribution in [0.3, 0.4) is 0 Å². The van der Waals surface area contributed by atoms with Crippen LogP contribution in [0.5, 0.6) is 5.75 Å². The lowest BCUT2D eigenvalue weighted by atomic mass is 9.64. The molecule has 3 aromatic carbocycles. The van der Waals surface area contributed by atoms with Crippen molar-refractivity contribution in [3.63, 3.8) is 0 Å². The molecule has 1 N–H and O–H groups in total. The number of anilines is 1. The van der Waals surface area contributed by atoms with Gasteiger partial charge in [0, 0.05) is 18.7 Å². The number of ether oxygens (including phenoxy) is 1. The van der Waals surface area contributed by atoms with E-state index in [1.165, 1.54) is 16.7 Å². The molecule has 0 bridgehead atoms. The molecule has 174 valence electrons. The molecule has 3 aliphatic heterocycles. The van der Waals surface area contributed by atoms with Crippen molar-refractivity contribution in [2.45, 2.75) is 37.5 Å². The number of para-hydroxylation sites is 1. The molecule has 1 unspecified atom stereocenters. The fourth-order valence-corrected chi connectivity index (χ4v) is 6.29. The Morgan fingerprint density at radius 3 is 2.76 bits per heavy atom. The van der Waals surface area contributed by atoms with Crippen molar-refractivity contribution in [3.8, 4) is 5.75 Å². The maximum absolute atomic E-state index is 13.7. The highest BCUT2D eigenvalue weighted by atomic mass is 16.5. The fourth-order valence-electron chi connectivity index (χ4n) is 6.29. The topological polar surface area (TPSA) is 41.6 Å². The molecule has 1 fully saturated rings. The normalized spacial score (nSPS) is 23.8. The van der Waals surface area contributed by atoms with E-state index >= 15 is 0 Å². The number of rotatable bonds is 6. The van der Waals surface area contributed by atoms with Gasteiger partial charge in [-0.25, -0.2) is 0 Å². The number of carbonyl (C=O) groups is 1. The van der Waals surface area contributed by atoms with Crippen LogP contribution in [0.4, 0.5) is 5.69 Å². The summed E-state index contributed by atoms with van der Waals surface area (Å²) in [6.45, 7) is 3.93. The molecule has 6 rings (SSSR count). The molecule has 0 radical (unpaired) electrons. The molecule has 0 aliphatic carbocycles. The third kappa shape index (κ3) is 3.80. The Labute approximate surface area is 201 Å². The van der Waals surface area contributed by atoms with Gasteiger partial charge in [0.25, 0.3) is 0 Å². The van der Waals surface area contributed by atoms with Crippen LogP contribution in [0, 0.1) is 5.92 Å². The summed E-state index contributed by atoms with van der Waals surface area (Å²) < 4.78 is 5.64. The lowest BCUT2D eigenvalue weighted by Gasteiger charge is -2.42.